The van der Waals surface area contributed by atoms with Gasteiger partial charge in [-0.05, 0) is 87.5 Å². The van der Waals surface area contributed by atoms with Gasteiger partial charge in [0, 0.05) is 34.1 Å². The van der Waals surface area contributed by atoms with Crippen molar-refractivity contribution in [1.29, 1.82) is 0 Å². The molecule has 0 aliphatic carbocycles. The Morgan fingerprint density at radius 3 is 1.49 bits per heavy atom. The van der Waals surface area contributed by atoms with E-state index in [1.165, 1.54) is 11.1 Å². The summed E-state index contributed by atoms with van der Waals surface area (Å²) >= 11 is 0. The minimum Gasteiger partial charge on any atom is -0.315 e. The van der Waals surface area contributed by atoms with Gasteiger partial charge in [-0.2, -0.15) is 0 Å². The zero-order valence-electron chi connectivity index (χ0n) is 20.7. The van der Waals surface area contributed by atoms with E-state index in [4.69, 9.17) is 0 Å². The van der Waals surface area contributed by atoms with Gasteiger partial charge >= 0.3 is 0 Å². The quantitative estimate of drug-likeness (QED) is 0.244. The van der Waals surface area contributed by atoms with Crippen molar-refractivity contribution in [3.05, 3.63) is 151 Å². The first-order valence-corrected chi connectivity index (χ1v) is 11.9. The highest BCUT2D eigenvalue weighted by molar-refractivity contribution is 5.79. The Balaban J connectivity index is 1.76. The predicted molar refractivity (Wildman–Crippen MR) is 152 cm³/mol. The van der Waals surface area contributed by atoms with Crippen molar-refractivity contribution < 1.29 is 0 Å². The average molecular weight is 457 g/mol. The van der Waals surface area contributed by atoms with Crippen molar-refractivity contribution in [3.63, 3.8) is 0 Å². The smallest absolute Gasteiger partial charge is 0.0463 e. The number of anilines is 5. The van der Waals surface area contributed by atoms with Crippen LogP contribution in [0.15, 0.2) is 140 Å². The molecule has 0 N–H and O–H groups in total. The fourth-order valence-electron chi connectivity index (χ4n) is 4.07. The summed E-state index contributed by atoms with van der Waals surface area (Å²) in [4.78, 5) is 4.56. The molecule has 0 heterocycles. The maximum atomic E-state index is 3.77. The van der Waals surface area contributed by atoms with E-state index in [2.05, 4.69) is 140 Å². The summed E-state index contributed by atoms with van der Waals surface area (Å²) < 4.78 is 0. The molecule has 0 aliphatic heterocycles. The predicted octanol–water partition coefficient (Wildman–Crippen LogP) is 9.56. The van der Waals surface area contributed by atoms with E-state index in [9.17, 15) is 0 Å². The lowest BCUT2D eigenvalue weighted by Crippen LogP contribution is -2.15. The number of benzene rings is 4. The molecule has 0 atom stereocenters. The molecule has 0 saturated carbocycles. The van der Waals surface area contributed by atoms with E-state index in [0.29, 0.717) is 0 Å². The van der Waals surface area contributed by atoms with Crippen LogP contribution in [0.5, 0.6) is 0 Å². The van der Waals surface area contributed by atoms with Crippen LogP contribution >= 0.6 is 0 Å². The molecule has 174 valence electrons. The van der Waals surface area contributed by atoms with Crippen LogP contribution in [0.3, 0.4) is 0 Å². The molecule has 4 rings (SSSR count). The fraction of sp³-hybridized carbons (Fsp3) is 0.0909. The monoisotopic (exact) mass is 456 g/mol. The van der Waals surface area contributed by atoms with Crippen LogP contribution in [0, 0.1) is 13.8 Å². The molecule has 0 saturated heterocycles. The second-order valence-corrected chi connectivity index (χ2v) is 8.62. The lowest BCUT2D eigenvalue weighted by Gasteiger charge is -2.28. The number of nitrogens with zero attached hydrogens (tertiary/aromatic N) is 2. The summed E-state index contributed by atoms with van der Waals surface area (Å²) in [7, 11) is 0. The second-order valence-electron chi connectivity index (χ2n) is 8.62. The standard InChI is InChI=1S/C33H32N2/c1-5-6-8-11-28(4)34(29-12-9-7-10-13-29)30-22-24-33(25-23-30)35(31-18-14-26(2)15-19-31)32-20-16-27(3)17-21-32/h5-25H,1H2,2-4H3/b8-6-,28-11+. The Labute approximate surface area is 209 Å². The van der Waals surface area contributed by atoms with Crippen LogP contribution in [-0.4, -0.2) is 0 Å². The zero-order valence-corrected chi connectivity index (χ0v) is 20.7. The molecular weight excluding hydrogens is 424 g/mol. The van der Waals surface area contributed by atoms with E-state index in [1.54, 1.807) is 6.08 Å². The highest BCUT2D eigenvalue weighted by atomic mass is 15.2. The molecule has 0 aromatic heterocycles. The lowest BCUT2D eigenvalue weighted by atomic mass is 10.1. The Kier molecular flexibility index (Phi) is 7.64. The van der Waals surface area contributed by atoms with Gasteiger partial charge in [0.1, 0.15) is 0 Å². The first-order valence-electron chi connectivity index (χ1n) is 11.9. The molecule has 0 fully saturated rings. The van der Waals surface area contributed by atoms with Gasteiger partial charge in [0.2, 0.25) is 0 Å². The molecule has 0 unspecified atom stereocenters. The third-order valence-corrected chi connectivity index (χ3v) is 5.90. The summed E-state index contributed by atoms with van der Waals surface area (Å²) in [5.74, 6) is 0. The summed E-state index contributed by atoms with van der Waals surface area (Å²) in [5.41, 5.74) is 9.23. The van der Waals surface area contributed by atoms with Gasteiger partial charge in [0.25, 0.3) is 0 Å². The first-order chi connectivity index (χ1) is 17.1. The van der Waals surface area contributed by atoms with E-state index in [1.807, 2.05) is 18.2 Å². The summed E-state index contributed by atoms with van der Waals surface area (Å²) in [6, 6.07) is 36.6. The molecule has 0 spiro atoms. The van der Waals surface area contributed by atoms with E-state index in [0.717, 1.165) is 34.1 Å². The van der Waals surface area contributed by atoms with Gasteiger partial charge in [-0.25, -0.2) is 0 Å². The molecule has 4 aromatic carbocycles. The number of rotatable bonds is 8. The lowest BCUT2D eigenvalue weighted by molar-refractivity contribution is 1.15. The Morgan fingerprint density at radius 1 is 0.571 bits per heavy atom. The van der Waals surface area contributed by atoms with Crippen LogP contribution in [0.4, 0.5) is 28.4 Å². The van der Waals surface area contributed by atoms with Crippen molar-refractivity contribution in [1.82, 2.24) is 0 Å². The van der Waals surface area contributed by atoms with Crippen molar-refractivity contribution in [2.45, 2.75) is 20.8 Å². The van der Waals surface area contributed by atoms with E-state index < -0.39 is 0 Å². The Bertz CT molecular complexity index is 1250. The fourth-order valence-corrected chi connectivity index (χ4v) is 4.07. The molecule has 0 bridgehead atoms. The summed E-state index contributed by atoms with van der Waals surface area (Å²) in [6.07, 6.45) is 7.85. The number of allylic oxidation sites excluding steroid dienone is 5. The molecule has 0 aliphatic rings. The Morgan fingerprint density at radius 2 is 1.00 bits per heavy atom. The van der Waals surface area contributed by atoms with Crippen molar-refractivity contribution in [2.75, 3.05) is 9.80 Å². The number of aryl methyl sites for hydroxylation is 2. The van der Waals surface area contributed by atoms with Gasteiger partial charge in [-0.1, -0.05) is 78.4 Å². The molecule has 0 amide bonds. The van der Waals surface area contributed by atoms with Crippen LogP contribution in [0.1, 0.15) is 18.1 Å². The zero-order chi connectivity index (χ0) is 24.6. The largest absolute Gasteiger partial charge is 0.315 e. The molecular formula is C33H32N2. The van der Waals surface area contributed by atoms with Crippen LogP contribution in [0.25, 0.3) is 0 Å². The molecule has 0 radical (unpaired) electrons. The van der Waals surface area contributed by atoms with Crippen molar-refractivity contribution in [3.8, 4) is 0 Å². The summed E-state index contributed by atoms with van der Waals surface area (Å²) in [5, 5.41) is 0. The average Bonchev–Trinajstić information content (AvgIpc) is 2.88. The normalized spacial score (nSPS) is 11.5. The first kappa shape index (κ1) is 23.8. The highest BCUT2D eigenvalue weighted by Crippen LogP contribution is 2.37. The van der Waals surface area contributed by atoms with Crippen molar-refractivity contribution >= 4 is 28.4 Å². The maximum Gasteiger partial charge on any atom is 0.0463 e. The molecule has 2 nitrogen and oxygen atoms in total. The SMILES string of the molecule is C=C/C=C\C=C(/C)N(c1ccccc1)c1ccc(N(c2ccc(C)cc2)c2ccc(C)cc2)cc1. The van der Waals surface area contributed by atoms with Gasteiger partial charge in [-0.15, -0.1) is 0 Å². The third kappa shape index (κ3) is 5.80. The number of hydrogen-bond acceptors (Lipinski definition) is 2. The van der Waals surface area contributed by atoms with Crippen LogP contribution in [0.2, 0.25) is 0 Å². The van der Waals surface area contributed by atoms with Gasteiger partial charge in [0.15, 0.2) is 0 Å². The third-order valence-electron chi connectivity index (χ3n) is 5.90. The Hall–Kier alpha value is -4.30. The van der Waals surface area contributed by atoms with Crippen molar-refractivity contribution in [2.24, 2.45) is 0 Å². The maximum absolute atomic E-state index is 3.77. The van der Waals surface area contributed by atoms with E-state index >= 15 is 0 Å². The number of hydrogen-bond donors (Lipinski definition) is 0. The van der Waals surface area contributed by atoms with Gasteiger partial charge in [-0.3, -0.25) is 0 Å². The van der Waals surface area contributed by atoms with Crippen LogP contribution in [-0.2, 0) is 0 Å². The highest BCUT2D eigenvalue weighted by Gasteiger charge is 2.15. The van der Waals surface area contributed by atoms with Crippen LogP contribution < -0.4 is 9.80 Å². The van der Waals surface area contributed by atoms with E-state index in [-0.39, 0.29) is 0 Å². The van der Waals surface area contributed by atoms with Gasteiger partial charge < -0.3 is 9.80 Å². The number of para-hydroxylation sites is 1. The minimum absolute atomic E-state index is 1.11. The molecule has 35 heavy (non-hydrogen) atoms. The minimum atomic E-state index is 1.11. The molecule has 2 heteroatoms. The topological polar surface area (TPSA) is 6.48 Å². The second kappa shape index (κ2) is 11.2. The summed E-state index contributed by atoms with van der Waals surface area (Å²) in [6.45, 7) is 10.1. The van der Waals surface area contributed by atoms with Gasteiger partial charge in [0.05, 0.1) is 0 Å². The molecule has 4 aromatic rings.